The Bertz CT molecular complexity index is 1330. The Morgan fingerprint density at radius 3 is 2.77 bits per heavy atom. The summed E-state index contributed by atoms with van der Waals surface area (Å²) in [5, 5.41) is 5.06. The van der Waals surface area contributed by atoms with E-state index in [2.05, 4.69) is 15.3 Å². The monoisotopic (exact) mass is 458 g/mol. The first kappa shape index (κ1) is 20.0. The van der Waals surface area contributed by atoms with Crippen LogP contribution in [0.4, 0.5) is 10.3 Å². The number of thiazole rings is 1. The molecule has 4 aromatic rings. The fourth-order valence-electron chi connectivity index (χ4n) is 3.65. The predicted molar refractivity (Wildman–Crippen MR) is 118 cm³/mol. The molecule has 1 aromatic carbocycles. The van der Waals surface area contributed by atoms with Gasteiger partial charge < -0.3 is 5.32 Å². The molecule has 0 saturated carbocycles. The van der Waals surface area contributed by atoms with Crippen LogP contribution in [0.15, 0.2) is 48.1 Å². The van der Waals surface area contributed by atoms with Gasteiger partial charge in [0.25, 0.3) is 0 Å². The van der Waals surface area contributed by atoms with Crippen molar-refractivity contribution in [1.29, 1.82) is 0 Å². The standard InChI is InChI=1S/C20H19FN6O2S2/c21-15-4-2-14(3-5-15)17-18(27-11-12-30-20(27)25-17)16-6-7-22-19(24-16)23-8-10-26-9-1-13-31(26,28)29/h2-7,11-12H,1,8-10,13H2,(H,22,23,24). The van der Waals surface area contributed by atoms with Crippen LogP contribution in [-0.2, 0) is 10.0 Å². The van der Waals surface area contributed by atoms with Gasteiger partial charge in [-0.2, -0.15) is 0 Å². The summed E-state index contributed by atoms with van der Waals surface area (Å²) in [6.07, 6.45) is 4.23. The van der Waals surface area contributed by atoms with E-state index in [9.17, 15) is 12.8 Å². The van der Waals surface area contributed by atoms with E-state index in [1.54, 1.807) is 24.4 Å². The largest absolute Gasteiger partial charge is 0.353 e. The van der Waals surface area contributed by atoms with Crippen LogP contribution in [0.25, 0.3) is 27.6 Å². The van der Waals surface area contributed by atoms with Crippen LogP contribution in [0.1, 0.15) is 6.42 Å². The van der Waals surface area contributed by atoms with Gasteiger partial charge in [0.15, 0.2) is 4.96 Å². The molecule has 160 valence electrons. The predicted octanol–water partition coefficient (Wildman–Crippen LogP) is 3.11. The number of imidazole rings is 1. The molecule has 0 spiro atoms. The average Bonchev–Trinajstić information content (AvgIpc) is 3.43. The van der Waals surface area contributed by atoms with Crippen molar-refractivity contribution in [2.45, 2.75) is 6.42 Å². The molecule has 1 aliphatic rings. The minimum absolute atomic E-state index is 0.211. The third-order valence-electron chi connectivity index (χ3n) is 5.13. The van der Waals surface area contributed by atoms with Crippen molar-refractivity contribution in [3.63, 3.8) is 0 Å². The van der Waals surface area contributed by atoms with Crippen molar-refractivity contribution in [2.75, 3.05) is 30.7 Å². The molecule has 1 N–H and O–H groups in total. The van der Waals surface area contributed by atoms with Gasteiger partial charge in [0.1, 0.15) is 11.5 Å². The molecule has 11 heteroatoms. The molecular formula is C20H19FN6O2S2. The quantitative estimate of drug-likeness (QED) is 0.477. The molecule has 0 amide bonds. The van der Waals surface area contributed by atoms with Gasteiger partial charge in [0, 0.05) is 43.0 Å². The summed E-state index contributed by atoms with van der Waals surface area (Å²) in [5.74, 6) is 0.312. The first-order valence-electron chi connectivity index (χ1n) is 9.78. The van der Waals surface area contributed by atoms with Crippen LogP contribution >= 0.6 is 11.3 Å². The minimum Gasteiger partial charge on any atom is -0.353 e. The zero-order chi connectivity index (χ0) is 21.4. The Morgan fingerprint density at radius 1 is 1.16 bits per heavy atom. The summed E-state index contributed by atoms with van der Waals surface area (Å²) in [4.78, 5) is 14.4. The van der Waals surface area contributed by atoms with E-state index in [0.29, 0.717) is 43.4 Å². The lowest BCUT2D eigenvalue weighted by Crippen LogP contribution is -2.31. The summed E-state index contributed by atoms with van der Waals surface area (Å²) in [6, 6.07) is 8.01. The Kier molecular flexibility index (Phi) is 5.16. The summed E-state index contributed by atoms with van der Waals surface area (Å²) in [5.41, 5.74) is 2.95. The molecule has 4 heterocycles. The molecule has 0 bridgehead atoms. The molecule has 1 saturated heterocycles. The number of sulfonamides is 1. The third-order valence-corrected chi connectivity index (χ3v) is 7.84. The summed E-state index contributed by atoms with van der Waals surface area (Å²) in [7, 11) is -3.13. The number of benzene rings is 1. The first-order valence-corrected chi connectivity index (χ1v) is 12.3. The molecule has 0 radical (unpaired) electrons. The highest BCUT2D eigenvalue weighted by molar-refractivity contribution is 7.89. The van der Waals surface area contributed by atoms with Gasteiger partial charge in [0.2, 0.25) is 16.0 Å². The lowest BCUT2D eigenvalue weighted by molar-refractivity contribution is 0.456. The number of hydrogen-bond acceptors (Lipinski definition) is 7. The highest BCUT2D eigenvalue weighted by atomic mass is 32.2. The number of hydrogen-bond donors (Lipinski definition) is 1. The second-order valence-electron chi connectivity index (χ2n) is 7.13. The Morgan fingerprint density at radius 2 is 2.00 bits per heavy atom. The number of nitrogens with one attached hydrogen (secondary N) is 1. The molecule has 1 aliphatic heterocycles. The number of anilines is 1. The number of aromatic nitrogens is 4. The average molecular weight is 459 g/mol. The van der Waals surface area contributed by atoms with Gasteiger partial charge in [-0.05, 0) is 36.8 Å². The van der Waals surface area contributed by atoms with Gasteiger partial charge in [-0.1, -0.05) is 0 Å². The van der Waals surface area contributed by atoms with Crippen molar-refractivity contribution in [1.82, 2.24) is 23.7 Å². The van der Waals surface area contributed by atoms with Gasteiger partial charge in [-0.25, -0.2) is 32.1 Å². The Labute approximate surface area is 182 Å². The normalized spacial score (nSPS) is 16.2. The number of fused-ring (bicyclic) bond motifs is 1. The van der Waals surface area contributed by atoms with Gasteiger partial charge >= 0.3 is 0 Å². The maximum absolute atomic E-state index is 13.4. The van der Waals surface area contributed by atoms with E-state index in [-0.39, 0.29) is 11.6 Å². The Balaban J connectivity index is 1.43. The molecule has 0 aliphatic carbocycles. The molecule has 1 fully saturated rings. The maximum Gasteiger partial charge on any atom is 0.223 e. The summed E-state index contributed by atoms with van der Waals surface area (Å²) >= 11 is 1.50. The van der Waals surface area contributed by atoms with Crippen LogP contribution in [0.2, 0.25) is 0 Å². The molecule has 31 heavy (non-hydrogen) atoms. The van der Waals surface area contributed by atoms with E-state index in [1.165, 1.54) is 27.8 Å². The van der Waals surface area contributed by atoms with E-state index < -0.39 is 10.0 Å². The van der Waals surface area contributed by atoms with E-state index in [0.717, 1.165) is 16.2 Å². The molecule has 3 aromatic heterocycles. The van der Waals surface area contributed by atoms with Crippen molar-refractivity contribution in [3.8, 4) is 22.6 Å². The number of halogens is 1. The topological polar surface area (TPSA) is 92.5 Å². The highest BCUT2D eigenvalue weighted by Crippen LogP contribution is 2.33. The molecule has 0 atom stereocenters. The van der Waals surface area contributed by atoms with Crippen LogP contribution in [0.5, 0.6) is 0 Å². The molecular weight excluding hydrogens is 439 g/mol. The van der Waals surface area contributed by atoms with E-state index in [1.807, 2.05) is 16.0 Å². The fourth-order valence-corrected chi connectivity index (χ4v) is 5.89. The van der Waals surface area contributed by atoms with Crippen LogP contribution in [0.3, 0.4) is 0 Å². The van der Waals surface area contributed by atoms with Crippen molar-refractivity contribution in [2.24, 2.45) is 0 Å². The van der Waals surface area contributed by atoms with Crippen LogP contribution in [0, 0.1) is 5.82 Å². The smallest absolute Gasteiger partial charge is 0.223 e. The van der Waals surface area contributed by atoms with E-state index in [4.69, 9.17) is 4.98 Å². The number of nitrogens with zero attached hydrogens (tertiary/aromatic N) is 5. The Hall–Kier alpha value is -2.89. The zero-order valence-electron chi connectivity index (χ0n) is 16.4. The fraction of sp³-hybridized carbons (Fsp3) is 0.250. The van der Waals surface area contributed by atoms with Gasteiger partial charge in [-0.3, -0.25) is 4.40 Å². The first-order chi connectivity index (χ1) is 15.0. The molecule has 5 rings (SSSR count). The van der Waals surface area contributed by atoms with Crippen LogP contribution < -0.4 is 5.32 Å². The SMILES string of the molecule is O=S1(=O)CCCN1CCNc1nccc(-c2c(-c3ccc(F)cc3)nc3sccn23)n1. The summed E-state index contributed by atoms with van der Waals surface area (Å²) < 4.78 is 40.7. The second-order valence-corrected chi connectivity index (χ2v) is 10.1. The lowest BCUT2D eigenvalue weighted by Gasteiger charge is -2.14. The van der Waals surface area contributed by atoms with Crippen molar-refractivity contribution < 1.29 is 12.8 Å². The maximum atomic E-state index is 13.4. The lowest BCUT2D eigenvalue weighted by atomic mass is 10.1. The molecule has 0 unspecified atom stereocenters. The van der Waals surface area contributed by atoms with Gasteiger partial charge in [-0.15, -0.1) is 11.3 Å². The number of rotatable bonds is 6. The van der Waals surface area contributed by atoms with Crippen molar-refractivity contribution in [3.05, 3.63) is 53.9 Å². The van der Waals surface area contributed by atoms with Crippen LogP contribution in [-0.4, -0.2) is 57.5 Å². The zero-order valence-corrected chi connectivity index (χ0v) is 18.0. The van der Waals surface area contributed by atoms with Gasteiger partial charge in [0.05, 0.1) is 17.1 Å². The summed E-state index contributed by atoms with van der Waals surface area (Å²) in [6.45, 7) is 1.34. The highest BCUT2D eigenvalue weighted by Gasteiger charge is 2.27. The van der Waals surface area contributed by atoms with E-state index >= 15 is 0 Å². The minimum atomic E-state index is -3.13. The third kappa shape index (κ3) is 3.91. The van der Waals surface area contributed by atoms with Crippen molar-refractivity contribution >= 4 is 32.3 Å². The molecule has 8 nitrogen and oxygen atoms in total. The second kappa shape index (κ2) is 7.98.